The van der Waals surface area contributed by atoms with Gasteiger partial charge in [-0.2, -0.15) is 0 Å². The van der Waals surface area contributed by atoms with Gasteiger partial charge in [-0.05, 0) is 54.3 Å². The predicted molar refractivity (Wildman–Crippen MR) is 92.6 cm³/mol. The molecule has 0 aromatic heterocycles. The molecule has 2 aromatic carbocycles. The minimum atomic E-state index is -0.230. The molecule has 3 nitrogen and oxygen atoms in total. The van der Waals surface area contributed by atoms with Gasteiger partial charge in [0.25, 0.3) is 0 Å². The number of benzene rings is 2. The molecule has 0 saturated heterocycles. The van der Waals surface area contributed by atoms with Gasteiger partial charge in [0, 0.05) is 26.2 Å². The highest BCUT2D eigenvalue weighted by Crippen LogP contribution is 2.25. The van der Waals surface area contributed by atoms with Gasteiger partial charge in [-0.3, -0.25) is 4.90 Å². The lowest BCUT2D eigenvalue weighted by atomic mass is 9.98. The second-order valence-corrected chi connectivity index (χ2v) is 6.37. The van der Waals surface area contributed by atoms with Gasteiger partial charge in [-0.25, -0.2) is 4.39 Å². The average Bonchev–Trinajstić information content (AvgIpc) is 2.59. The fraction of sp³-hybridized carbons (Fsp3) is 0.400. The molecule has 0 fully saturated rings. The molecule has 0 bridgehead atoms. The largest absolute Gasteiger partial charge is 0.489 e. The zero-order valence-electron chi connectivity index (χ0n) is 14.3. The van der Waals surface area contributed by atoms with Gasteiger partial charge < -0.3 is 9.47 Å². The Morgan fingerprint density at radius 1 is 1.17 bits per heavy atom. The van der Waals surface area contributed by atoms with Gasteiger partial charge in [0.1, 0.15) is 18.2 Å². The van der Waals surface area contributed by atoms with Gasteiger partial charge >= 0.3 is 0 Å². The van der Waals surface area contributed by atoms with Crippen LogP contribution in [0.25, 0.3) is 0 Å². The molecular weight excluding hydrogens is 305 g/mol. The van der Waals surface area contributed by atoms with Gasteiger partial charge in [0.05, 0.1) is 6.61 Å². The van der Waals surface area contributed by atoms with E-state index in [9.17, 15) is 4.39 Å². The third kappa shape index (κ3) is 4.13. The van der Waals surface area contributed by atoms with Crippen molar-refractivity contribution in [3.05, 3.63) is 65.0 Å². The van der Waals surface area contributed by atoms with E-state index >= 15 is 0 Å². The molecule has 4 heteroatoms. The maximum atomic E-state index is 13.2. The standard InChI is InChI=1S/C20H24FNO2/c1-15(13-23-2)22-9-8-17-11-20(7-6-18(17)12-22)24-14-16-4-3-5-19(21)10-16/h3-7,10-11,15H,8-9,12-14H2,1-2H3. The zero-order chi connectivity index (χ0) is 16.9. The molecule has 0 radical (unpaired) electrons. The molecular formula is C20H24FNO2. The molecule has 1 unspecified atom stereocenters. The normalized spacial score (nSPS) is 15.8. The van der Waals surface area contributed by atoms with Crippen LogP contribution < -0.4 is 4.74 Å². The highest BCUT2D eigenvalue weighted by Gasteiger charge is 2.20. The lowest BCUT2D eigenvalue weighted by Gasteiger charge is -2.33. The van der Waals surface area contributed by atoms with Crippen molar-refractivity contribution in [2.45, 2.75) is 32.5 Å². The predicted octanol–water partition coefficient (Wildman–Crippen LogP) is 3.80. The first kappa shape index (κ1) is 16.9. The van der Waals surface area contributed by atoms with Crippen molar-refractivity contribution < 1.29 is 13.9 Å². The summed E-state index contributed by atoms with van der Waals surface area (Å²) in [5.41, 5.74) is 3.53. The summed E-state index contributed by atoms with van der Waals surface area (Å²) < 4.78 is 24.3. The summed E-state index contributed by atoms with van der Waals surface area (Å²) in [6, 6.07) is 13.2. The highest BCUT2D eigenvalue weighted by atomic mass is 19.1. The number of fused-ring (bicyclic) bond motifs is 1. The van der Waals surface area contributed by atoms with Crippen LogP contribution in [-0.2, 0) is 24.3 Å². The Morgan fingerprint density at radius 2 is 2.04 bits per heavy atom. The Kier molecular flexibility index (Phi) is 5.48. The second-order valence-electron chi connectivity index (χ2n) is 6.37. The summed E-state index contributed by atoms with van der Waals surface area (Å²) >= 11 is 0. The molecule has 3 rings (SSSR count). The molecule has 0 saturated carbocycles. The highest BCUT2D eigenvalue weighted by molar-refractivity contribution is 5.37. The van der Waals surface area contributed by atoms with E-state index in [2.05, 4.69) is 24.0 Å². The molecule has 24 heavy (non-hydrogen) atoms. The first-order valence-corrected chi connectivity index (χ1v) is 8.38. The number of rotatable bonds is 6. The van der Waals surface area contributed by atoms with Crippen LogP contribution in [0.3, 0.4) is 0 Å². The van der Waals surface area contributed by atoms with Crippen LogP contribution in [0.5, 0.6) is 5.75 Å². The number of methoxy groups -OCH3 is 1. The molecule has 1 heterocycles. The van der Waals surface area contributed by atoms with E-state index in [-0.39, 0.29) is 5.82 Å². The van der Waals surface area contributed by atoms with Gasteiger partial charge in [-0.1, -0.05) is 18.2 Å². The number of halogens is 1. The van der Waals surface area contributed by atoms with Crippen LogP contribution >= 0.6 is 0 Å². The van der Waals surface area contributed by atoms with Gasteiger partial charge in [0.2, 0.25) is 0 Å². The molecule has 128 valence electrons. The lowest BCUT2D eigenvalue weighted by Crippen LogP contribution is -2.39. The Morgan fingerprint density at radius 3 is 2.83 bits per heavy atom. The van der Waals surface area contributed by atoms with Crippen molar-refractivity contribution in [2.75, 3.05) is 20.3 Å². The summed E-state index contributed by atoms with van der Waals surface area (Å²) in [7, 11) is 1.75. The van der Waals surface area contributed by atoms with E-state index in [1.807, 2.05) is 12.1 Å². The molecule has 2 aromatic rings. The van der Waals surface area contributed by atoms with Gasteiger partial charge in [-0.15, -0.1) is 0 Å². The van der Waals surface area contributed by atoms with Crippen LogP contribution in [0.15, 0.2) is 42.5 Å². The zero-order valence-corrected chi connectivity index (χ0v) is 14.3. The van der Waals surface area contributed by atoms with E-state index in [1.165, 1.54) is 23.3 Å². The quantitative estimate of drug-likeness (QED) is 0.805. The van der Waals surface area contributed by atoms with E-state index in [0.717, 1.165) is 37.4 Å². The van der Waals surface area contributed by atoms with Crippen molar-refractivity contribution in [2.24, 2.45) is 0 Å². The van der Waals surface area contributed by atoms with Crippen LogP contribution in [-0.4, -0.2) is 31.2 Å². The second kappa shape index (κ2) is 7.77. The lowest BCUT2D eigenvalue weighted by molar-refractivity contribution is 0.0909. The van der Waals surface area contributed by atoms with Gasteiger partial charge in [0.15, 0.2) is 0 Å². The molecule has 1 aliphatic rings. The number of ether oxygens (including phenoxy) is 2. The minimum Gasteiger partial charge on any atom is -0.489 e. The maximum Gasteiger partial charge on any atom is 0.123 e. The van der Waals surface area contributed by atoms with E-state index in [4.69, 9.17) is 9.47 Å². The number of hydrogen-bond donors (Lipinski definition) is 0. The Labute approximate surface area is 143 Å². The summed E-state index contributed by atoms with van der Waals surface area (Å²) in [4.78, 5) is 2.44. The van der Waals surface area contributed by atoms with Crippen molar-refractivity contribution >= 4 is 0 Å². The average molecular weight is 329 g/mol. The number of hydrogen-bond acceptors (Lipinski definition) is 3. The van der Waals surface area contributed by atoms with Crippen molar-refractivity contribution in [3.63, 3.8) is 0 Å². The maximum absolute atomic E-state index is 13.2. The molecule has 0 amide bonds. The summed E-state index contributed by atoms with van der Waals surface area (Å²) in [6.07, 6.45) is 1.01. The molecule has 0 aliphatic carbocycles. The van der Waals surface area contributed by atoms with Crippen molar-refractivity contribution in [3.8, 4) is 5.75 Å². The molecule has 1 aliphatic heterocycles. The smallest absolute Gasteiger partial charge is 0.123 e. The van der Waals surface area contributed by atoms with E-state index in [1.54, 1.807) is 13.2 Å². The fourth-order valence-corrected chi connectivity index (χ4v) is 3.16. The first-order chi connectivity index (χ1) is 11.7. The third-order valence-electron chi connectivity index (χ3n) is 4.55. The molecule has 1 atom stereocenters. The summed E-state index contributed by atoms with van der Waals surface area (Å²) in [5.74, 6) is 0.614. The molecule has 0 N–H and O–H groups in total. The van der Waals surface area contributed by atoms with Crippen molar-refractivity contribution in [1.82, 2.24) is 4.90 Å². The topological polar surface area (TPSA) is 21.7 Å². The van der Waals surface area contributed by atoms with Crippen LogP contribution in [0.1, 0.15) is 23.6 Å². The van der Waals surface area contributed by atoms with Crippen molar-refractivity contribution in [1.29, 1.82) is 0 Å². The Bertz CT molecular complexity index is 689. The van der Waals surface area contributed by atoms with Crippen LogP contribution in [0, 0.1) is 5.82 Å². The fourth-order valence-electron chi connectivity index (χ4n) is 3.16. The molecule has 0 spiro atoms. The monoisotopic (exact) mass is 329 g/mol. The first-order valence-electron chi connectivity index (χ1n) is 8.38. The number of nitrogens with zero attached hydrogens (tertiary/aromatic N) is 1. The summed E-state index contributed by atoms with van der Waals surface area (Å²) in [5, 5.41) is 0. The summed E-state index contributed by atoms with van der Waals surface area (Å²) in [6.45, 7) is 5.32. The Balaban J connectivity index is 1.63. The SMILES string of the molecule is COCC(C)N1CCc2cc(OCc3cccc(F)c3)ccc2C1. The van der Waals surface area contributed by atoms with Crippen LogP contribution in [0.2, 0.25) is 0 Å². The van der Waals surface area contributed by atoms with Crippen LogP contribution in [0.4, 0.5) is 4.39 Å². The third-order valence-corrected chi connectivity index (χ3v) is 4.55. The minimum absolute atomic E-state index is 0.230. The van der Waals surface area contributed by atoms with E-state index in [0.29, 0.717) is 12.6 Å². The van der Waals surface area contributed by atoms with E-state index < -0.39 is 0 Å². The Hall–Kier alpha value is -1.91.